The first-order chi connectivity index (χ1) is 11.0. The average molecular weight is 322 g/mol. The maximum absolute atomic E-state index is 12.1. The summed E-state index contributed by atoms with van der Waals surface area (Å²) in [4.78, 5) is 16.3. The predicted octanol–water partition coefficient (Wildman–Crippen LogP) is 2.78. The van der Waals surface area contributed by atoms with Crippen molar-refractivity contribution in [2.75, 3.05) is 18.5 Å². The van der Waals surface area contributed by atoms with Crippen molar-refractivity contribution in [3.63, 3.8) is 0 Å². The molecule has 0 aliphatic carbocycles. The minimum absolute atomic E-state index is 0.0679. The Labute approximate surface area is 137 Å². The second-order valence-electron chi connectivity index (χ2n) is 6.01. The second-order valence-corrected chi connectivity index (χ2v) is 6.01. The molecule has 2 heterocycles. The van der Waals surface area contributed by atoms with Gasteiger partial charge in [0.1, 0.15) is 6.10 Å². The van der Waals surface area contributed by atoms with Gasteiger partial charge in [-0.25, -0.2) is 4.98 Å². The van der Waals surface area contributed by atoms with Gasteiger partial charge in [0.25, 0.3) is 5.91 Å². The van der Waals surface area contributed by atoms with Gasteiger partial charge in [-0.15, -0.1) is 0 Å². The lowest BCUT2D eigenvalue weighted by atomic mass is 10.1. The van der Waals surface area contributed by atoms with E-state index in [2.05, 4.69) is 10.3 Å². The molecule has 1 aromatic heterocycles. The van der Waals surface area contributed by atoms with Crippen molar-refractivity contribution in [3.8, 4) is 5.88 Å². The van der Waals surface area contributed by atoms with Gasteiger partial charge in [0.15, 0.2) is 0 Å². The SMILES string of the molecule is CC(C)Oc1ccc(NC(=O)C(C)OCC2CCCCO2)cn1. The quantitative estimate of drug-likeness (QED) is 0.836. The number of pyridine rings is 1. The van der Waals surface area contributed by atoms with E-state index in [-0.39, 0.29) is 18.1 Å². The number of ether oxygens (including phenoxy) is 3. The minimum Gasteiger partial charge on any atom is -0.475 e. The molecule has 0 aromatic carbocycles. The molecule has 2 atom stereocenters. The molecule has 1 aliphatic rings. The van der Waals surface area contributed by atoms with E-state index in [1.54, 1.807) is 25.3 Å². The lowest BCUT2D eigenvalue weighted by Gasteiger charge is -2.23. The summed E-state index contributed by atoms with van der Waals surface area (Å²) >= 11 is 0. The summed E-state index contributed by atoms with van der Waals surface area (Å²) in [7, 11) is 0. The highest BCUT2D eigenvalue weighted by molar-refractivity contribution is 5.93. The van der Waals surface area contributed by atoms with Gasteiger partial charge in [0, 0.05) is 12.7 Å². The Balaban J connectivity index is 1.76. The van der Waals surface area contributed by atoms with Crippen LogP contribution >= 0.6 is 0 Å². The van der Waals surface area contributed by atoms with E-state index in [0.717, 1.165) is 25.9 Å². The third kappa shape index (κ3) is 6.15. The summed E-state index contributed by atoms with van der Waals surface area (Å²) in [5, 5.41) is 2.79. The summed E-state index contributed by atoms with van der Waals surface area (Å²) in [6.45, 7) is 6.85. The zero-order valence-corrected chi connectivity index (χ0v) is 14.1. The molecule has 1 amide bonds. The van der Waals surface area contributed by atoms with E-state index in [0.29, 0.717) is 18.2 Å². The molecule has 0 saturated carbocycles. The molecule has 1 fully saturated rings. The van der Waals surface area contributed by atoms with E-state index in [1.165, 1.54) is 0 Å². The summed E-state index contributed by atoms with van der Waals surface area (Å²) < 4.78 is 16.7. The van der Waals surface area contributed by atoms with Crippen LogP contribution in [0.3, 0.4) is 0 Å². The highest BCUT2D eigenvalue weighted by atomic mass is 16.5. The van der Waals surface area contributed by atoms with Gasteiger partial charge in [-0.2, -0.15) is 0 Å². The molecule has 1 saturated heterocycles. The summed E-state index contributed by atoms with van der Waals surface area (Å²) in [6, 6.07) is 3.50. The highest BCUT2D eigenvalue weighted by Crippen LogP contribution is 2.15. The van der Waals surface area contributed by atoms with Gasteiger partial charge in [-0.3, -0.25) is 4.79 Å². The van der Waals surface area contributed by atoms with Crippen LogP contribution in [0.4, 0.5) is 5.69 Å². The third-order valence-electron chi connectivity index (χ3n) is 3.54. The molecule has 6 nitrogen and oxygen atoms in total. The van der Waals surface area contributed by atoms with Crippen LogP contribution in [0.5, 0.6) is 5.88 Å². The molecule has 2 rings (SSSR count). The predicted molar refractivity (Wildman–Crippen MR) is 87.6 cm³/mol. The highest BCUT2D eigenvalue weighted by Gasteiger charge is 2.19. The molecule has 1 N–H and O–H groups in total. The van der Waals surface area contributed by atoms with Crippen molar-refractivity contribution in [2.45, 2.75) is 58.3 Å². The Morgan fingerprint density at radius 2 is 2.22 bits per heavy atom. The van der Waals surface area contributed by atoms with Gasteiger partial charge in [0.05, 0.1) is 30.7 Å². The van der Waals surface area contributed by atoms with Crippen LogP contribution in [0.15, 0.2) is 18.3 Å². The number of carbonyl (C=O) groups is 1. The van der Waals surface area contributed by atoms with Crippen molar-refractivity contribution in [2.24, 2.45) is 0 Å². The zero-order chi connectivity index (χ0) is 16.7. The van der Waals surface area contributed by atoms with Gasteiger partial charge in [0.2, 0.25) is 5.88 Å². The van der Waals surface area contributed by atoms with Crippen molar-refractivity contribution in [1.82, 2.24) is 4.98 Å². The van der Waals surface area contributed by atoms with Gasteiger partial charge >= 0.3 is 0 Å². The monoisotopic (exact) mass is 322 g/mol. The first-order valence-corrected chi connectivity index (χ1v) is 8.21. The molecule has 0 bridgehead atoms. The van der Waals surface area contributed by atoms with Crippen molar-refractivity contribution in [3.05, 3.63) is 18.3 Å². The summed E-state index contributed by atoms with van der Waals surface area (Å²) in [5.74, 6) is 0.344. The van der Waals surface area contributed by atoms with Crippen molar-refractivity contribution < 1.29 is 19.0 Å². The van der Waals surface area contributed by atoms with Crippen LogP contribution in [-0.4, -0.2) is 42.4 Å². The van der Waals surface area contributed by atoms with Crippen LogP contribution in [-0.2, 0) is 14.3 Å². The summed E-state index contributed by atoms with van der Waals surface area (Å²) in [6.07, 6.45) is 4.47. The smallest absolute Gasteiger partial charge is 0.253 e. The number of amides is 1. The molecule has 6 heteroatoms. The van der Waals surface area contributed by atoms with Crippen LogP contribution in [0.1, 0.15) is 40.0 Å². The van der Waals surface area contributed by atoms with E-state index in [4.69, 9.17) is 14.2 Å². The molecule has 1 aromatic rings. The standard InChI is InChI=1S/C17H26N2O4/c1-12(2)23-16-8-7-14(10-18-16)19-17(20)13(3)22-11-15-6-4-5-9-21-15/h7-8,10,12-13,15H,4-6,9,11H2,1-3H3,(H,19,20). The number of rotatable bonds is 7. The Kier molecular flexibility index (Phi) is 6.80. The number of hydrogen-bond acceptors (Lipinski definition) is 5. The molecular weight excluding hydrogens is 296 g/mol. The number of hydrogen-bond donors (Lipinski definition) is 1. The maximum atomic E-state index is 12.1. The Bertz CT molecular complexity index is 484. The normalized spacial score (nSPS) is 19.4. The largest absolute Gasteiger partial charge is 0.475 e. The fourth-order valence-corrected chi connectivity index (χ4v) is 2.28. The summed E-state index contributed by atoms with van der Waals surface area (Å²) in [5.41, 5.74) is 0.621. The molecule has 23 heavy (non-hydrogen) atoms. The Morgan fingerprint density at radius 1 is 1.39 bits per heavy atom. The lowest BCUT2D eigenvalue weighted by Crippen LogP contribution is -2.32. The molecule has 2 unspecified atom stereocenters. The third-order valence-corrected chi connectivity index (χ3v) is 3.54. The van der Waals surface area contributed by atoms with Crippen LogP contribution < -0.4 is 10.1 Å². The average Bonchev–Trinajstić information content (AvgIpc) is 2.55. The van der Waals surface area contributed by atoms with E-state index < -0.39 is 6.10 Å². The van der Waals surface area contributed by atoms with E-state index in [1.807, 2.05) is 13.8 Å². The van der Waals surface area contributed by atoms with Crippen LogP contribution in [0.25, 0.3) is 0 Å². The van der Waals surface area contributed by atoms with Gasteiger partial charge < -0.3 is 19.5 Å². The molecule has 0 spiro atoms. The Hall–Kier alpha value is -1.66. The fraction of sp³-hybridized carbons (Fsp3) is 0.647. The maximum Gasteiger partial charge on any atom is 0.253 e. The Morgan fingerprint density at radius 3 is 2.83 bits per heavy atom. The first-order valence-electron chi connectivity index (χ1n) is 8.21. The van der Waals surface area contributed by atoms with Crippen LogP contribution in [0, 0.1) is 0 Å². The number of carbonyl (C=O) groups excluding carboxylic acids is 1. The molecular formula is C17H26N2O4. The van der Waals surface area contributed by atoms with Gasteiger partial charge in [-0.05, 0) is 46.1 Å². The number of nitrogens with one attached hydrogen (secondary N) is 1. The number of nitrogens with zero attached hydrogens (tertiary/aromatic N) is 1. The van der Waals surface area contributed by atoms with Gasteiger partial charge in [-0.1, -0.05) is 0 Å². The van der Waals surface area contributed by atoms with Crippen molar-refractivity contribution >= 4 is 11.6 Å². The zero-order valence-electron chi connectivity index (χ0n) is 14.1. The fourth-order valence-electron chi connectivity index (χ4n) is 2.28. The second kappa shape index (κ2) is 8.84. The first kappa shape index (κ1) is 17.7. The number of aromatic nitrogens is 1. The molecule has 1 aliphatic heterocycles. The number of anilines is 1. The van der Waals surface area contributed by atoms with Crippen molar-refractivity contribution in [1.29, 1.82) is 0 Å². The van der Waals surface area contributed by atoms with E-state index >= 15 is 0 Å². The lowest BCUT2D eigenvalue weighted by molar-refractivity contribution is -0.130. The minimum atomic E-state index is -0.535. The van der Waals surface area contributed by atoms with Crippen LogP contribution in [0.2, 0.25) is 0 Å². The molecule has 128 valence electrons. The molecule has 0 radical (unpaired) electrons. The van der Waals surface area contributed by atoms with E-state index in [9.17, 15) is 4.79 Å². The topological polar surface area (TPSA) is 69.7 Å².